The summed E-state index contributed by atoms with van der Waals surface area (Å²) in [6.07, 6.45) is 6.68. The van der Waals surface area contributed by atoms with Gasteiger partial charge >= 0.3 is 0 Å². The van der Waals surface area contributed by atoms with Gasteiger partial charge in [0.2, 0.25) is 5.91 Å². The monoisotopic (exact) mass is 362 g/mol. The van der Waals surface area contributed by atoms with Crippen LogP contribution in [0.3, 0.4) is 0 Å². The van der Waals surface area contributed by atoms with E-state index in [1.165, 1.54) is 6.21 Å². The summed E-state index contributed by atoms with van der Waals surface area (Å²) in [6.45, 7) is 0.838. The van der Waals surface area contributed by atoms with Crippen LogP contribution in [-0.2, 0) is 9.59 Å². The van der Waals surface area contributed by atoms with E-state index in [0.29, 0.717) is 6.42 Å². The summed E-state index contributed by atoms with van der Waals surface area (Å²) in [5.41, 5.74) is 5.17. The molecule has 2 amide bonds. The Bertz CT molecular complexity index is 846. The molecule has 2 N–H and O–H groups in total. The Hall–Kier alpha value is -3.41. The summed E-state index contributed by atoms with van der Waals surface area (Å²) in [4.78, 5) is 25.5. The highest BCUT2D eigenvalue weighted by molar-refractivity contribution is 5.95. The summed E-state index contributed by atoms with van der Waals surface area (Å²) >= 11 is 0. The molecule has 6 heteroatoms. The van der Waals surface area contributed by atoms with Crippen LogP contribution in [0.25, 0.3) is 6.08 Å². The molecular weight excluding hydrogens is 340 g/mol. The minimum atomic E-state index is -0.248. The zero-order valence-electron chi connectivity index (χ0n) is 15.0. The molecule has 6 nitrogen and oxygen atoms in total. The summed E-state index contributed by atoms with van der Waals surface area (Å²) in [5, 5.41) is 6.93. The van der Waals surface area contributed by atoms with Crippen LogP contribution in [0.5, 0.6) is 0 Å². The molecule has 0 aliphatic carbocycles. The number of amides is 2. The Kier molecular flexibility index (Phi) is 6.35. The average molecular weight is 362 g/mol. The maximum atomic E-state index is 11.9. The molecule has 3 rings (SSSR count). The molecule has 0 radical (unpaired) electrons. The highest BCUT2D eigenvalue weighted by atomic mass is 16.2. The molecule has 1 aliphatic rings. The van der Waals surface area contributed by atoms with Crippen LogP contribution < -0.4 is 15.6 Å². The predicted molar refractivity (Wildman–Crippen MR) is 109 cm³/mol. The number of carbonyl (C=O) groups is 2. The summed E-state index contributed by atoms with van der Waals surface area (Å²) < 4.78 is 0. The van der Waals surface area contributed by atoms with Crippen molar-refractivity contribution in [3.05, 3.63) is 66.2 Å². The molecule has 1 saturated heterocycles. The number of nitrogens with one attached hydrogen (secondary N) is 2. The van der Waals surface area contributed by atoms with Crippen LogP contribution in [0.1, 0.15) is 18.4 Å². The largest absolute Gasteiger partial charge is 0.376 e. The van der Waals surface area contributed by atoms with E-state index in [9.17, 15) is 9.59 Å². The first-order chi connectivity index (χ1) is 13.2. The van der Waals surface area contributed by atoms with E-state index in [1.807, 2.05) is 60.7 Å². The van der Waals surface area contributed by atoms with Crippen LogP contribution in [-0.4, -0.2) is 31.1 Å². The van der Waals surface area contributed by atoms with Gasteiger partial charge in [-0.05, 0) is 36.3 Å². The lowest BCUT2D eigenvalue weighted by atomic mass is 10.2. The number of allylic oxidation sites excluding steroid dienone is 1. The minimum absolute atomic E-state index is 0.0944. The van der Waals surface area contributed by atoms with Gasteiger partial charge in [-0.2, -0.15) is 5.10 Å². The van der Waals surface area contributed by atoms with Gasteiger partial charge in [0, 0.05) is 30.6 Å². The number of hydrogen-bond acceptors (Lipinski definition) is 4. The molecule has 138 valence electrons. The number of anilines is 2. The molecule has 1 heterocycles. The van der Waals surface area contributed by atoms with E-state index < -0.39 is 0 Å². The number of hydrogen-bond donors (Lipinski definition) is 2. The van der Waals surface area contributed by atoms with Gasteiger partial charge in [-0.25, -0.2) is 5.43 Å². The molecule has 0 atom stereocenters. The SMILES string of the molecule is O=C(CNc1cccc(N2CCCC2=O)c1)N/N=C\C=C\c1ccccc1. The van der Waals surface area contributed by atoms with Crippen molar-refractivity contribution in [3.8, 4) is 0 Å². The lowest BCUT2D eigenvalue weighted by Crippen LogP contribution is -2.26. The first-order valence-corrected chi connectivity index (χ1v) is 8.90. The van der Waals surface area contributed by atoms with Gasteiger partial charge in [0.1, 0.15) is 0 Å². The van der Waals surface area contributed by atoms with Crippen molar-refractivity contribution < 1.29 is 9.59 Å². The van der Waals surface area contributed by atoms with Crippen LogP contribution >= 0.6 is 0 Å². The van der Waals surface area contributed by atoms with E-state index in [2.05, 4.69) is 15.8 Å². The van der Waals surface area contributed by atoms with Gasteiger partial charge in [-0.1, -0.05) is 42.5 Å². The molecule has 27 heavy (non-hydrogen) atoms. The minimum Gasteiger partial charge on any atom is -0.376 e. The third-order valence-corrected chi connectivity index (χ3v) is 4.12. The number of nitrogens with zero attached hydrogens (tertiary/aromatic N) is 2. The summed E-state index contributed by atoms with van der Waals surface area (Å²) in [5.74, 6) is -0.107. The molecule has 0 saturated carbocycles. The predicted octanol–water partition coefficient (Wildman–Crippen LogP) is 3.04. The summed E-state index contributed by atoms with van der Waals surface area (Å²) in [7, 11) is 0. The maximum Gasteiger partial charge on any atom is 0.259 e. The van der Waals surface area contributed by atoms with Crippen molar-refractivity contribution >= 4 is 35.5 Å². The van der Waals surface area contributed by atoms with E-state index in [0.717, 1.165) is 29.9 Å². The molecule has 2 aromatic carbocycles. The van der Waals surface area contributed by atoms with Crippen LogP contribution in [0.15, 0.2) is 65.8 Å². The van der Waals surface area contributed by atoms with Gasteiger partial charge in [0.25, 0.3) is 5.91 Å². The van der Waals surface area contributed by atoms with E-state index in [4.69, 9.17) is 0 Å². The van der Waals surface area contributed by atoms with E-state index in [-0.39, 0.29) is 18.4 Å². The maximum absolute atomic E-state index is 11.9. The van der Waals surface area contributed by atoms with Gasteiger partial charge in [0.05, 0.1) is 6.54 Å². The zero-order chi connectivity index (χ0) is 18.9. The number of rotatable bonds is 7. The fourth-order valence-electron chi connectivity index (χ4n) is 2.80. The Balaban J connectivity index is 1.44. The fraction of sp³-hybridized carbons (Fsp3) is 0.190. The van der Waals surface area contributed by atoms with Gasteiger partial charge in [0.15, 0.2) is 0 Å². The second kappa shape index (κ2) is 9.33. The molecule has 1 aliphatic heterocycles. The summed E-state index contributed by atoms with van der Waals surface area (Å²) in [6, 6.07) is 17.3. The standard InChI is InChI=1S/C21H22N4O2/c26-20(24-23-13-5-9-17-7-2-1-3-8-17)16-22-18-10-4-11-19(15-18)25-14-6-12-21(25)27/h1-5,7-11,13,15,22H,6,12,14,16H2,(H,24,26)/b9-5+,23-13-. The Morgan fingerprint density at radius 1 is 1.15 bits per heavy atom. The fourth-order valence-corrected chi connectivity index (χ4v) is 2.80. The van der Waals surface area contributed by atoms with Crippen molar-refractivity contribution in [2.45, 2.75) is 12.8 Å². The van der Waals surface area contributed by atoms with Crippen molar-refractivity contribution in [1.29, 1.82) is 0 Å². The molecule has 0 aromatic heterocycles. The topological polar surface area (TPSA) is 73.8 Å². The van der Waals surface area contributed by atoms with Gasteiger partial charge < -0.3 is 10.2 Å². The second-order valence-corrected chi connectivity index (χ2v) is 6.14. The van der Waals surface area contributed by atoms with Gasteiger partial charge in [-0.3, -0.25) is 9.59 Å². The third kappa shape index (κ3) is 5.54. The van der Waals surface area contributed by atoms with Crippen LogP contribution in [0.2, 0.25) is 0 Å². The van der Waals surface area contributed by atoms with Crippen molar-refractivity contribution in [1.82, 2.24) is 5.43 Å². The Morgan fingerprint density at radius 2 is 2.00 bits per heavy atom. The smallest absolute Gasteiger partial charge is 0.259 e. The zero-order valence-corrected chi connectivity index (χ0v) is 15.0. The number of hydrazone groups is 1. The van der Waals surface area contributed by atoms with Crippen molar-refractivity contribution in [2.75, 3.05) is 23.3 Å². The lowest BCUT2D eigenvalue weighted by molar-refractivity contribution is -0.119. The molecule has 2 aromatic rings. The molecular formula is C21H22N4O2. The lowest BCUT2D eigenvalue weighted by Gasteiger charge is -2.16. The molecule has 0 spiro atoms. The molecule has 0 unspecified atom stereocenters. The third-order valence-electron chi connectivity index (χ3n) is 4.12. The van der Waals surface area contributed by atoms with Crippen molar-refractivity contribution in [2.24, 2.45) is 5.10 Å². The van der Waals surface area contributed by atoms with Crippen LogP contribution in [0, 0.1) is 0 Å². The average Bonchev–Trinajstić information content (AvgIpc) is 3.13. The number of benzene rings is 2. The molecule has 0 bridgehead atoms. The Labute approximate surface area is 158 Å². The number of carbonyl (C=O) groups excluding carboxylic acids is 2. The first kappa shape index (κ1) is 18.4. The molecule has 1 fully saturated rings. The van der Waals surface area contributed by atoms with Crippen molar-refractivity contribution in [3.63, 3.8) is 0 Å². The highest BCUT2D eigenvalue weighted by Gasteiger charge is 2.21. The quantitative estimate of drug-likeness (QED) is 0.587. The van der Waals surface area contributed by atoms with E-state index >= 15 is 0 Å². The highest BCUT2D eigenvalue weighted by Crippen LogP contribution is 2.24. The van der Waals surface area contributed by atoms with Crippen LogP contribution in [0.4, 0.5) is 11.4 Å². The normalized spacial score (nSPS) is 14.2. The first-order valence-electron chi connectivity index (χ1n) is 8.90. The van der Waals surface area contributed by atoms with E-state index in [1.54, 1.807) is 11.0 Å². The van der Waals surface area contributed by atoms with Gasteiger partial charge in [-0.15, -0.1) is 0 Å². The Morgan fingerprint density at radius 3 is 2.78 bits per heavy atom. The second-order valence-electron chi connectivity index (χ2n) is 6.14.